The molecule has 2 rings (SSSR count). The van der Waals surface area contributed by atoms with Gasteiger partial charge in [-0.25, -0.2) is 0 Å². The Kier molecular flexibility index (Phi) is 3.84. The van der Waals surface area contributed by atoms with Crippen LogP contribution in [0.1, 0.15) is 54.9 Å². The van der Waals surface area contributed by atoms with Crippen LogP contribution >= 0.6 is 0 Å². The lowest BCUT2D eigenvalue weighted by molar-refractivity contribution is 0.0610. The largest absolute Gasteiger partial charge is 0.378 e. The van der Waals surface area contributed by atoms with E-state index in [-0.39, 0.29) is 5.78 Å². The van der Waals surface area contributed by atoms with Gasteiger partial charge in [-0.05, 0) is 38.7 Å². The summed E-state index contributed by atoms with van der Waals surface area (Å²) in [5.41, 5.74) is 0.482. The first-order chi connectivity index (χ1) is 8.61. The summed E-state index contributed by atoms with van der Waals surface area (Å²) in [6, 6.07) is 7.30. The van der Waals surface area contributed by atoms with E-state index >= 15 is 0 Å². The summed E-state index contributed by atoms with van der Waals surface area (Å²) in [7, 11) is 0. The van der Waals surface area contributed by atoms with Crippen molar-refractivity contribution in [2.45, 2.75) is 44.6 Å². The van der Waals surface area contributed by atoms with Gasteiger partial charge in [-0.1, -0.05) is 36.5 Å². The molecule has 0 aromatic heterocycles. The fourth-order valence-electron chi connectivity index (χ4n) is 2.34. The van der Waals surface area contributed by atoms with Gasteiger partial charge in [0.2, 0.25) is 0 Å². The average molecular weight is 242 g/mol. The molecule has 0 heterocycles. The van der Waals surface area contributed by atoms with E-state index in [2.05, 4.69) is 11.8 Å². The molecule has 1 fully saturated rings. The van der Waals surface area contributed by atoms with E-state index in [0.717, 1.165) is 25.7 Å². The van der Waals surface area contributed by atoms with Crippen LogP contribution in [-0.2, 0) is 0 Å². The Balaban J connectivity index is 2.26. The van der Waals surface area contributed by atoms with E-state index in [9.17, 15) is 9.90 Å². The van der Waals surface area contributed by atoms with Crippen molar-refractivity contribution in [1.29, 1.82) is 0 Å². The van der Waals surface area contributed by atoms with Gasteiger partial charge in [-0.2, -0.15) is 0 Å². The molecule has 1 saturated carbocycles. The number of benzene rings is 1. The summed E-state index contributed by atoms with van der Waals surface area (Å²) in [6.07, 6.45) is 4.71. The first-order valence-corrected chi connectivity index (χ1v) is 6.46. The quantitative estimate of drug-likeness (QED) is 0.607. The summed E-state index contributed by atoms with van der Waals surface area (Å²) in [5, 5.41) is 10.3. The normalized spacial score (nSPS) is 17.7. The van der Waals surface area contributed by atoms with Crippen LogP contribution in [0, 0.1) is 11.8 Å². The molecule has 0 bridgehead atoms. The van der Waals surface area contributed by atoms with Crippen LogP contribution in [0.3, 0.4) is 0 Å². The molecule has 1 N–H and O–H groups in total. The van der Waals surface area contributed by atoms with Crippen molar-refractivity contribution in [3.05, 3.63) is 35.4 Å². The average Bonchev–Trinajstić information content (AvgIpc) is 2.38. The second-order valence-corrected chi connectivity index (χ2v) is 4.94. The second-order valence-electron chi connectivity index (χ2n) is 4.94. The molecule has 2 heteroatoms. The van der Waals surface area contributed by atoms with E-state index in [1.807, 2.05) is 18.2 Å². The third-order valence-corrected chi connectivity index (χ3v) is 3.42. The Morgan fingerprint density at radius 2 is 1.89 bits per heavy atom. The van der Waals surface area contributed by atoms with Crippen LogP contribution in [0.15, 0.2) is 24.3 Å². The van der Waals surface area contributed by atoms with Gasteiger partial charge in [-0.3, -0.25) is 4.79 Å². The summed E-state index contributed by atoms with van der Waals surface area (Å²) >= 11 is 0. The van der Waals surface area contributed by atoms with E-state index in [4.69, 9.17) is 0 Å². The SMILES string of the molecule is CC(=O)c1ccccc1C#CC1(O)CCCCC1. The summed E-state index contributed by atoms with van der Waals surface area (Å²) in [4.78, 5) is 11.5. The molecular formula is C16H18O2. The van der Waals surface area contributed by atoms with E-state index in [0.29, 0.717) is 11.1 Å². The predicted molar refractivity (Wildman–Crippen MR) is 71.4 cm³/mol. The number of hydrogen-bond acceptors (Lipinski definition) is 2. The number of ketones is 1. The fourth-order valence-corrected chi connectivity index (χ4v) is 2.34. The van der Waals surface area contributed by atoms with Crippen LogP contribution in [0.2, 0.25) is 0 Å². The lowest BCUT2D eigenvalue weighted by atomic mass is 9.85. The molecule has 0 amide bonds. The highest BCUT2D eigenvalue weighted by atomic mass is 16.3. The lowest BCUT2D eigenvalue weighted by Gasteiger charge is -2.26. The van der Waals surface area contributed by atoms with Crippen molar-refractivity contribution in [1.82, 2.24) is 0 Å². The number of aliphatic hydroxyl groups is 1. The maximum Gasteiger partial charge on any atom is 0.161 e. The highest BCUT2D eigenvalue weighted by Gasteiger charge is 2.26. The first kappa shape index (κ1) is 12.9. The monoisotopic (exact) mass is 242 g/mol. The molecular weight excluding hydrogens is 224 g/mol. The highest BCUT2D eigenvalue weighted by Crippen LogP contribution is 2.27. The Morgan fingerprint density at radius 3 is 2.56 bits per heavy atom. The van der Waals surface area contributed by atoms with Gasteiger partial charge in [0.15, 0.2) is 5.78 Å². The number of carbonyl (C=O) groups excluding carboxylic acids is 1. The first-order valence-electron chi connectivity index (χ1n) is 6.46. The Morgan fingerprint density at radius 1 is 1.22 bits per heavy atom. The van der Waals surface area contributed by atoms with Gasteiger partial charge >= 0.3 is 0 Å². The molecule has 0 saturated heterocycles. The van der Waals surface area contributed by atoms with Gasteiger partial charge in [-0.15, -0.1) is 0 Å². The third kappa shape index (κ3) is 3.00. The molecule has 0 atom stereocenters. The van der Waals surface area contributed by atoms with Gasteiger partial charge in [0.1, 0.15) is 5.60 Å². The zero-order valence-corrected chi connectivity index (χ0v) is 10.7. The van der Waals surface area contributed by atoms with Crippen molar-refractivity contribution in [3.63, 3.8) is 0 Å². The summed E-state index contributed by atoms with van der Waals surface area (Å²) < 4.78 is 0. The molecule has 1 aromatic carbocycles. The second kappa shape index (κ2) is 5.37. The topological polar surface area (TPSA) is 37.3 Å². The molecule has 18 heavy (non-hydrogen) atoms. The number of carbonyl (C=O) groups is 1. The minimum atomic E-state index is -0.859. The van der Waals surface area contributed by atoms with Crippen LogP contribution < -0.4 is 0 Å². The van der Waals surface area contributed by atoms with Crippen LogP contribution in [0.25, 0.3) is 0 Å². The van der Waals surface area contributed by atoms with Gasteiger partial charge in [0.05, 0.1) is 0 Å². The number of hydrogen-bond donors (Lipinski definition) is 1. The van der Waals surface area contributed by atoms with Crippen molar-refractivity contribution in [3.8, 4) is 11.8 Å². The third-order valence-electron chi connectivity index (χ3n) is 3.42. The molecule has 0 radical (unpaired) electrons. The van der Waals surface area contributed by atoms with Crippen LogP contribution in [0.4, 0.5) is 0 Å². The molecule has 0 aliphatic heterocycles. The maximum absolute atomic E-state index is 11.5. The summed E-state index contributed by atoms with van der Waals surface area (Å²) in [5.74, 6) is 5.96. The molecule has 0 unspecified atom stereocenters. The number of Topliss-reactive ketones (excluding diaryl/α,β-unsaturated/α-hetero) is 1. The molecule has 94 valence electrons. The maximum atomic E-state index is 11.5. The molecule has 0 spiro atoms. The Hall–Kier alpha value is -1.59. The molecule has 2 nitrogen and oxygen atoms in total. The van der Waals surface area contributed by atoms with Crippen LogP contribution in [-0.4, -0.2) is 16.5 Å². The van der Waals surface area contributed by atoms with E-state index < -0.39 is 5.60 Å². The lowest BCUT2D eigenvalue weighted by Crippen LogP contribution is -2.29. The van der Waals surface area contributed by atoms with Crippen LogP contribution in [0.5, 0.6) is 0 Å². The minimum absolute atomic E-state index is 0.00975. The van der Waals surface area contributed by atoms with Crippen molar-refractivity contribution < 1.29 is 9.90 Å². The Labute approximate surface area is 108 Å². The number of rotatable bonds is 1. The van der Waals surface area contributed by atoms with Crippen molar-refractivity contribution in [2.75, 3.05) is 0 Å². The zero-order chi connectivity index (χ0) is 13.0. The minimum Gasteiger partial charge on any atom is -0.378 e. The van der Waals surface area contributed by atoms with Gasteiger partial charge in [0.25, 0.3) is 0 Å². The van der Waals surface area contributed by atoms with E-state index in [1.165, 1.54) is 13.3 Å². The van der Waals surface area contributed by atoms with Crippen molar-refractivity contribution in [2.24, 2.45) is 0 Å². The molecule has 1 aliphatic carbocycles. The van der Waals surface area contributed by atoms with E-state index in [1.54, 1.807) is 6.07 Å². The van der Waals surface area contributed by atoms with Gasteiger partial charge < -0.3 is 5.11 Å². The fraction of sp³-hybridized carbons (Fsp3) is 0.438. The smallest absolute Gasteiger partial charge is 0.161 e. The molecule has 1 aromatic rings. The van der Waals surface area contributed by atoms with Crippen molar-refractivity contribution >= 4 is 5.78 Å². The predicted octanol–water partition coefficient (Wildman–Crippen LogP) is 2.94. The Bertz CT molecular complexity index is 499. The molecule has 1 aliphatic rings. The van der Waals surface area contributed by atoms with Gasteiger partial charge in [0, 0.05) is 11.1 Å². The standard InChI is InChI=1S/C16H18O2/c1-13(17)15-8-4-3-7-14(15)9-12-16(18)10-5-2-6-11-16/h3-4,7-8,18H,2,5-6,10-11H2,1H3. The summed E-state index contributed by atoms with van der Waals surface area (Å²) in [6.45, 7) is 1.54. The zero-order valence-electron chi connectivity index (χ0n) is 10.7. The highest BCUT2D eigenvalue weighted by molar-refractivity contribution is 5.96.